The first-order valence-electron chi connectivity index (χ1n) is 9.50. The van der Waals surface area contributed by atoms with Gasteiger partial charge in [0.05, 0.1) is 5.69 Å². The molecule has 4 rings (SSSR count). The molecule has 1 aliphatic rings. The second-order valence-electron chi connectivity index (χ2n) is 7.38. The van der Waals surface area contributed by atoms with Crippen molar-refractivity contribution in [3.05, 3.63) is 87.7 Å². The summed E-state index contributed by atoms with van der Waals surface area (Å²) in [5, 5.41) is 6.65. The number of nitrogens with one attached hydrogen (secondary N) is 2. The number of aromatic nitrogens is 1. The van der Waals surface area contributed by atoms with Gasteiger partial charge in [-0.05, 0) is 42.3 Å². The van der Waals surface area contributed by atoms with Crippen molar-refractivity contribution >= 4 is 28.3 Å². The fourth-order valence-electron chi connectivity index (χ4n) is 3.71. The first-order valence-corrected chi connectivity index (χ1v) is 9.50. The summed E-state index contributed by atoms with van der Waals surface area (Å²) in [7, 11) is 1.67. The zero-order valence-corrected chi connectivity index (χ0v) is 16.5. The van der Waals surface area contributed by atoms with Crippen LogP contribution in [-0.2, 0) is 16.6 Å². The lowest BCUT2D eigenvalue weighted by Crippen LogP contribution is -2.32. The smallest absolute Gasteiger partial charge is 0.258 e. The third-order valence-corrected chi connectivity index (χ3v) is 5.40. The van der Waals surface area contributed by atoms with E-state index in [1.807, 2.05) is 6.92 Å². The van der Waals surface area contributed by atoms with E-state index in [9.17, 15) is 18.8 Å². The van der Waals surface area contributed by atoms with Gasteiger partial charge in [-0.15, -0.1) is 0 Å². The first-order chi connectivity index (χ1) is 14.3. The van der Waals surface area contributed by atoms with E-state index in [2.05, 4.69) is 10.6 Å². The van der Waals surface area contributed by atoms with Crippen LogP contribution in [0.15, 0.2) is 65.2 Å². The SMILES string of the molecule is Cc1ccc2c(=O)n(C)ccc2c1NC(=O)C1=CNC(=O)CC1c1ccc(F)cc1. The van der Waals surface area contributed by atoms with Crippen molar-refractivity contribution in [1.82, 2.24) is 9.88 Å². The normalized spacial score (nSPS) is 16.2. The molecule has 3 aromatic rings. The number of fused-ring (bicyclic) bond motifs is 1. The Bertz CT molecular complexity index is 1260. The van der Waals surface area contributed by atoms with E-state index in [4.69, 9.17) is 0 Å². The van der Waals surface area contributed by atoms with Crippen LogP contribution in [0.5, 0.6) is 0 Å². The Balaban J connectivity index is 1.73. The maximum absolute atomic E-state index is 13.3. The number of carbonyl (C=O) groups is 2. The zero-order chi connectivity index (χ0) is 21.4. The molecule has 0 aliphatic carbocycles. The van der Waals surface area contributed by atoms with Crippen LogP contribution in [0.1, 0.15) is 23.5 Å². The maximum atomic E-state index is 13.3. The average molecular weight is 405 g/mol. The second kappa shape index (κ2) is 7.59. The molecule has 6 nitrogen and oxygen atoms in total. The lowest BCUT2D eigenvalue weighted by Gasteiger charge is -2.24. The lowest BCUT2D eigenvalue weighted by atomic mass is 9.86. The van der Waals surface area contributed by atoms with E-state index >= 15 is 0 Å². The Kier molecular flexibility index (Phi) is 4.95. The Hall–Kier alpha value is -3.74. The molecule has 0 fully saturated rings. The van der Waals surface area contributed by atoms with E-state index in [1.165, 1.54) is 22.9 Å². The van der Waals surface area contributed by atoms with Gasteiger partial charge in [-0.2, -0.15) is 0 Å². The number of nitrogens with zero attached hydrogens (tertiary/aromatic N) is 1. The quantitative estimate of drug-likeness (QED) is 0.703. The van der Waals surface area contributed by atoms with Crippen molar-refractivity contribution in [1.29, 1.82) is 0 Å². The second-order valence-corrected chi connectivity index (χ2v) is 7.38. The summed E-state index contributed by atoms with van der Waals surface area (Å²) >= 11 is 0. The molecule has 0 saturated heterocycles. The molecule has 7 heteroatoms. The highest BCUT2D eigenvalue weighted by molar-refractivity contribution is 6.11. The number of anilines is 1. The van der Waals surface area contributed by atoms with E-state index in [1.54, 1.807) is 43.6 Å². The summed E-state index contributed by atoms with van der Waals surface area (Å²) in [5.74, 6) is -1.49. The van der Waals surface area contributed by atoms with Gasteiger partial charge in [0.25, 0.3) is 11.5 Å². The van der Waals surface area contributed by atoms with E-state index in [0.717, 1.165) is 5.56 Å². The number of pyridine rings is 1. The number of carbonyl (C=O) groups excluding carboxylic acids is 2. The Labute approximate surface area is 172 Å². The molecule has 152 valence electrons. The summed E-state index contributed by atoms with van der Waals surface area (Å²) in [4.78, 5) is 37.6. The molecule has 0 spiro atoms. The predicted molar refractivity (Wildman–Crippen MR) is 113 cm³/mol. The van der Waals surface area contributed by atoms with Crippen LogP contribution in [0, 0.1) is 12.7 Å². The van der Waals surface area contributed by atoms with E-state index < -0.39 is 5.92 Å². The van der Waals surface area contributed by atoms with Gasteiger partial charge in [0.1, 0.15) is 5.82 Å². The standard InChI is InChI=1S/C23H20FN3O3/c1-13-3-8-17-16(9-10-27(2)23(17)30)21(13)26-22(29)19-12-25-20(28)11-18(19)14-4-6-15(24)7-5-14/h3-10,12,18H,11H2,1-2H3,(H,25,28)(H,26,29). The molecule has 2 N–H and O–H groups in total. The van der Waals surface area contributed by atoms with E-state index in [0.29, 0.717) is 27.6 Å². The molecule has 0 saturated carbocycles. The van der Waals surface area contributed by atoms with Gasteiger partial charge in [-0.25, -0.2) is 4.39 Å². The molecule has 1 aromatic heterocycles. The van der Waals surface area contributed by atoms with Crippen molar-refractivity contribution in [3.63, 3.8) is 0 Å². The van der Waals surface area contributed by atoms with Gasteiger partial charge in [0.15, 0.2) is 0 Å². The summed E-state index contributed by atoms with van der Waals surface area (Å²) in [6.07, 6.45) is 3.13. The minimum Gasteiger partial charge on any atom is -0.332 e. The molecule has 1 atom stereocenters. The van der Waals surface area contributed by atoms with Gasteiger partial charge in [0, 0.05) is 48.1 Å². The fourth-order valence-corrected chi connectivity index (χ4v) is 3.71. The molecule has 1 unspecified atom stereocenters. The number of hydrogen-bond donors (Lipinski definition) is 2. The third kappa shape index (κ3) is 3.50. The summed E-state index contributed by atoms with van der Waals surface area (Å²) < 4.78 is 14.8. The van der Waals surface area contributed by atoms with Gasteiger partial charge in [0.2, 0.25) is 5.91 Å². The highest BCUT2D eigenvalue weighted by Gasteiger charge is 2.29. The summed E-state index contributed by atoms with van der Waals surface area (Å²) in [6, 6.07) is 11.1. The molecular formula is C23H20FN3O3. The van der Waals surface area contributed by atoms with Crippen molar-refractivity contribution in [2.45, 2.75) is 19.3 Å². The monoisotopic (exact) mass is 405 g/mol. The third-order valence-electron chi connectivity index (χ3n) is 5.40. The Morgan fingerprint density at radius 2 is 1.83 bits per heavy atom. The van der Waals surface area contributed by atoms with Crippen molar-refractivity contribution in [2.75, 3.05) is 5.32 Å². The summed E-state index contributed by atoms with van der Waals surface area (Å²) in [5.41, 5.74) is 2.24. The molecule has 2 amide bonds. The van der Waals surface area contributed by atoms with Crippen molar-refractivity contribution in [2.24, 2.45) is 7.05 Å². The molecule has 0 bridgehead atoms. The average Bonchev–Trinajstić information content (AvgIpc) is 2.73. The molecular weight excluding hydrogens is 385 g/mol. The molecule has 30 heavy (non-hydrogen) atoms. The number of rotatable bonds is 3. The highest BCUT2D eigenvalue weighted by Crippen LogP contribution is 2.32. The van der Waals surface area contributed by atoms with Crippen LogP contribution >= 0.6 is 0 Å². The zero-order valence-electron chi connectivity index (χ0n) is 16.5. The van der Waals surface area contributed by atoms with Crippen molar-refractivity contribution in [3.8, 4) is 0 Å². The number of amides is 2. The minimum absolute atomic E-state index is 0.0833. The Morgan fingerprint density at radius 1 is 1.10 bits per heavy atom. The summed E-state index contributed by atoms with van der Waals surface area (Å²) in [6.45, 7) is 1.85. The topological polar surface area (TPSA) is 80.2 Å². The van der Waals surface area contributed by atoms with Crippen LogP contribution in [0.3, 0.4) is 0 Å². The maximum Gasteiger partial charge on any atom is 0.258 e. The molecule has 2 heterocycles. The number of halogens is 1. The number of hydrogen-bond acceptors (Lipinski definition) is 3. The van der Waals surface area contributed by atoms with Crippen LogP contribution in [0.2, 0.25) is 0 Å². The highest BCUT2D eigenvalue weighted by atomic mass is 19.1. The van der Waals surface area contributed by atoms with Gasteiger partial charge in [-0.3, -0.25) is 14.4 Å². The van der Waals surface area contributed by atoms with Crippen LogP contribution in [0.25, 0.3) is 10.8 Å². The number of aryl methyl sites for hydroxylation is 2. The van der Waals surface area contributed by atoms with Gasteiger partial charge < -0.3 is 15.2 Å². The van der Waals surface area contributed by atoms with Gasteiger partial charge in [-0.1, -0.05) is 18.2 Å². The van der Waals surface area contributed by atoms with Gasteiger partial charge >= 0.3 is 0 Å². The van der Waals surface area contributed by atoms with Crippen LogP contribution < -0.4 is 16.2 Å². The Morgan fingerprint density at radius 3 is 2.57 bits per heavy atom. The predicted octanol–water partition coefficient (Wildman–Crippen LogP) is 3.11. The molecule has 1 aliphatic heterocycles. The number of benzene rings is 2. The first kappa shape index (κ1) is 19.6. The van der Waals surface area contributed by atoms with Crippen LogP contribution in [-0.4, -0.2) is 16.4 Å². The largest absolute Gasteiger partial charge is 0.332 e. The lowest BCUT2D eigenvalue weighted by molar-refractivity contribution is -0.121. The van der Waals surface area contributed by atoms with E-state index in [-0.39, 0.29) is 29.6 Å². The minimum atomic E-state index is -0.498. The fraction of sp³-hybridized carbons (Fsp3) is 0.174. The van der Waals surface area contributed by atoms with Crippen LogP contribution in [0.4, 0.5) is 10.1 Å². The molecule has 2 aromatic carbocycles. The van der Waals surface area contributed by atoms with Crippen molar-refractivity contribution < 1.29 is 14.0 Å². The molecule has 0 radical (unpaired) electrons.